The number of nitrogens with zero attached hydrogens (tertiary/aromatic N) is 1. The van der Waals surface area contributed by atoms with Crippen molar-refractivity contribution in [1.29, 1.82) is 0 Å². The van der Waals surface area contributed by atoms with Crippen molar-refractivity contribution < 1.29 is 23.9 Å². The Morgan fingerprint density at radius 2 is 1.89 bits per heavy atom. The molecule has 1 amide bonds. The second-order valence-corrected chi connectivity index (χ2v) is 7.29. The molecule has 1 N–H and O–H groups in total. The van der Waals surface area contributed by atoms with Gasteiger partial charge in [0.15, 0.2) is 12.3 Å². The summed E-state index contributed by atoms with van der Waals surface area (Å²) in [7, 11) is 1.26. The van der Waals surface area contributed by atoms with E-state index in [9.17, 15) is 14.4 Å². The van der Waals surface area contributed by atoms with Crippen LogP contribution in [-0.4, -0.2) is 42.6 Å². The Labute approximate surface area is 168 Å². The molecule has 0 aliphatic carbocycles. The number of benzene rings is 1. The number of hydrogen-bond acceptors (Lipinski definition) is 7. The van der Waals surface area contributed by atoms with Gasteiger partial charge in [0.05, 0.1) is 7.11 Å². The fourth-order valence-electron chi connectivity index (χ4n) is 2.41. The summed E-state index contributed by atoms with van der Waals surface area (Å²) < 4.78 is 9.74. The largest absolute Gasteiger partial charge is 0.467 e. The lowest BCUT2D eigenvalue weighted by atomic mass is 9.99. The summed E-state index contributed by atoms with van der Waals surface area (Å²) in [6.07, 6.45) is 0.681. The molecule has 0 unspecified atom stereocenters. The van der Waals surface area contributed by atoms with E-state index in [4.69, 9.17) is 9.47 Å². The molecule has 0 saturated carbocycles. The van der Waals surface area contributed by atoms with Gasteiger partial charge in [0, 0.05) is 10.9 Å². The molecule has 0 aliphatic heterocycles. The maximum Gasteiger partial charge on any atom is 0.358 e. The van der Waals surface area contributed by atoms with E-state index in [2.05, 4.69) is 10.3 Å². The van der Waals surface area contributed by atoms with Gasteiger partial charge in [0.25, 0.3) is 5.91 Å². The number of carbonyl (C=O) groups is 3. The minimum atomic E-state index is -0.784. The third-order valence-corrected chi connectivity index (χ3v) is 5.22. The van der Waals surface area contributed by atoms with Gasteiger partial charge in [-0.15, -0.1) is 11.3 Å². The lowest BCUT2D eigenvalue weighted by molar-refractivity contribution is -0.147. The zero-order valence-corrected chi connectivity index (χ0v) is 17.2. The highest BCUT2D eigenvalue weighted by Crippen LogP contribution is 2.24. The molecule has 0 saturated heterocycles. The highest BCUT2D eigenvalue weighted by Gasteiger charge is 2.27. The van der Waals surface area contributed by atoms with Crippen molar-refractivity contribution in [2.75, 3.05) is 13.7 Å². The molecular formula is C20H24N2O5S. The van der Waals surface area contributed by atoms with Crippen LogP contribution in [-0.2, 0) is 19.1 Å². The Balaban J connectivity index is 1.93. The minimum absolute atomic E-state index is 0.109. The monoisotopic (exact) mass is 404 g/mol. The van der Waals surface area contributed by atoms with Gasteiger partial charge in [0.1, 0.15) is 11.0 Å². The van der Waals surface area contributed by atoms with Crippen LogP contribution in [0.4, 0.5) is 0 Å². The molecule has 1 heterocycles. The van der Waals surface area contributed by atoms with Crippen molar-refractivity contribution >= 4 is 29.2 Å². The van der Waals surface area contributed by atoms with Gasteiger partial charge < -0.3 is 14.8 Å². The van der Waals surface area contributed by atoms with Gasteiger partial charge in [-0.05, 0) is 12.8 Å². The van der Waals surface area contributed by atoms with E-state index in [1.807, 2.05) is 45.0 Å². The molecule has 0 radical (unpaired) electrons. The number of aromatic nitrogens is 1. The van der Waals surface area contributed by atoms with Gasteiger partial charge >= 0.3 is 11.9 Å². The zero-order valence-electron chi connectivity index (χ0n) is 16.4. The maximum atomic E-state index is 12.2. The minimum Gasteiger partial charge on any atom is -0.467 e. The molecule has 150 valence electrons. The summed E-state index contributed by atoms with van der Waals surface area (Å²) >= 11 is 1.32. The number of thiazole rings is 1. The van der Waals surface area contributed by atoms with Crippen molar-refractivity contribution in [2.45, 2.75) is 33.2 Å². The second kappa shape index (κ2) is 9.98. The molecule has 2 atom stereocenters. The van der Waals surface area contributed by atoms with Crippen molar-refractivity contribution in [1.82, 2.24) is 10.3 Å². The average Bonchev–Trinajstić information content (AvgIpc) is 3.19. The Hall–Kier alpha value is -2.74. The first kappa shape index (κ1) is 21.6. The highest BCUT2D eigenvalue weighted by molar-refractivity contribution is 7.13. The SMILES string of the molecule is CC[C@H](C)[C@@H](NC(=O)COC(=O)c1csc(-c2ccc(C)cc2)n1)C(=O)OC. The third-order valence-electron chi connectivity index (χ3n) is 4.33. The molecule has 8 heteroatoms. The Morgan fingerprint density at radius 1 is 1.21 bits per heavy atom. The number of esters is 2. The first-order valence-corrected chi connectivity index (χ1v) is 9.80. The molecule has 0 fully saturated rings. The standard InChI is InChI=1S/C20H24N2O5S/c1-5-13(3)17(20(25)26-4)22-16(23)10-27-19(24)15-11-28-18(21-15)14-8-6-12(2)7-9-14/h6-9,11,13,17H,5,10H2,1-4H3,(H,22,23)/t13-,17+/m0/s1. The van der Waals surface area contributed by atoms with Crippen LogP contribution in [0.1, 0.15) is 36.3 Å². The zero-order chi connectivity index (χ0) is 20.7. The van der Waals surface area contributed by atoms with E-state index in [0.29, 0.717) is 11.4 Å². The number of carbonyl (C=O) groups excluding carboxylic acids is 3. The maximum absolute atomic E-state index is 12.2. The lowest BCUT2D eigenvalue weighted by Gasteiger charge is -2.21. The summed E-state index contributed by atoms with van der Waals surface area (Å²) in [6, 6.07) is 7.01. The molecule has 0 spiro atoms. The predicted octanol–water partition coefficient (Wildman–Crippen LogP) is 2.98. The summed E-state index contributed by atoms with van der Waals surface area (Å²) in [4.78, 5) is 40.3. The fourth-order valence-corrected chi connectivity index (χ4v) is 3.21. The molecular weight excluding hydrogens is 380 g/mol. The van der Waals surface area contributed by atoms with E-state index in [1.54, 1.807) is 5.38 Å². The van der Waals surface area contributed by atoms with Crippen molar-refractivity contribution in [3.8, 4) is 10.6 Å². The second-order valence-electron chi connectivity index (χ2n) is 6.43. The molecule has 1 aromatic carbocycles. The topological polar surface area (TPSA) is 94.6 Å². The van der Waals surface area contributed by atoms with E-state index in [1.165, 1.54) is 18.4 Å². The number of aryl methyl sites for hydroxylation is 1. The van der Waals surface area contributed by atoms with Gasteiger partial charge in [-0.1, -0.05) is 50.1 Å². The number of amides is 1. The van der Waals surface area contributed by atoms with Crippen molar-refractivity contribution in [2.24, 2.45) is 5.92 Å². The van der Waals surface area contributed by atoms with E-state index < -0.39 is 30.5 Å². The number of hydrogen-bond donors (Lipinski definition) is 1. The van der Waals surface area contributed by atoms with E-state index >= 15 is 0 Å². The van der Waals surface area contributed by atoms with E-state index in [0.717, 1.165) is 11.1 Å². The normalized spacial score (nSPS) is 12.7. The average molecular weight is 404 g/mol. The molecule has 7 nitrogen and oxygen atoms in total. The van der Waals surface area contributed by atoms with Gasteiger partial charge in [0.2, 0.25) is 0 Å². The van der Waals surface area contributed by atoms with E-state index in [-0.39, 0.29) is 11.6 Å². The first-order chi connectivity index (χ1) is 13.3. The molecule has 1 aromatic heterocycles. The smallest absolute Gasteiger partial charge is 0.358 e. The van der Waals surface area contributed by atoms with Crippen LogP contribution in [0, 0.1) is 12.8 Å². The Morgan fingerprint density at radius 3 is 2.50 bits per heavy atom. The first-order valence-electron chi connectivity index (χ1n) is 8.92. The summed E-state index contributed by atoms with van der Waals surface area (Å²) in [5.74, 6) is -1.90. The van der Waals surface area contributed by atoms with Crippen LogP contribution < -0.4 is 5.32 Å². The molecule has 2 aromatic rings. The Kier molecular flexibility index (Phi) is 7.69. The van der Waals surface area contributed by atoms with Crippen molar-refractivity contribution in [3.63, 3.8) is 0 Å². The molecule has 28 heavy (non-hydrogen) atoms. The predicted molar refractivity (Wildman–Crippen MR) is 106 cm³/mol. The number of ether oxygens (including phenoxy) is 2. The summed E-state index contributed by atoms with van der Waals surface area (Å²) in [5, 5.41) is 4.84. The lowest BCUT2D eigenvalue weighted by Crippen LogP contribution is -2.47. The van der Waals surface area contributed by atoms with Crippen molar-refractivity contribution in [3.05, 3.63) is 40.9 Å². The number of methoxy groups -OCH3 is 1. The highest BCUT2D eigenvalue weighted by atomic mass is 32.1. The summed E-state index contributed by atoms with van der Waals surface area (Å²) in [6.45, 7) is 5.22. The van der Waals surface area contributed by atoms with Crippen LogP contribution >= 0.6 is 11.3 Å². The van der Waals surface area contributed by atoms with Crippen LogP contribution in [0.3, 0.4) is 0 Å². The van der Waals surface area contributed by atoms with Crippen LogP contribution in [0.25, 0.3) is 10.6 Å². The third kappa shape index (κ3) is 5.63. The van der Waals surface area contributed by atoms with Gasteiger partial charge in [-0.2, -0.15) is 0 Å². The quantitative estimate of drug-likeness (QED) is 0.680. The number of rotatable bonds is 8. The van der Waals surface area contributed by atoms with Crippen LogP contribution in [0.15, 0.2) is 29.6 Å². The van der Waals surface area contributed by atoms with Crippen LogP contribution in [0.2, 0.25) is 0 Å². The van der Waals surface area contributed by atoms with Crippen LogP contribution in [0.5, 0.6) is 0 Å². The fraction of sp³-hybridized carbons (Fsp3) is 0.400. The summed E-state index contributed by atoms with van der Waals surface area (Å²) in [5.41, 5.74) is 2.18. The molecule has 2 rings (SSSR count). The number of nitrogens with one attached hydrogen (secondary N) is 1. The molecule has 0 aliphatic rings. The Bertz CT molecular complexity index is 831. The van der Waals surface area contributed by atoms with Gasteiger partial charge in [-0.25, -0.2) is 14.6 Å². The molecule has 0 bridgehead atoms. The van der Waals surface area contributed by atoms with Gasteiger partial charge in [-0.3, -0.25) is 4.79 Å².